The molecule has 2 aromatic carbocycles. The molecule has 0 atom stereocenters. The number of thiophene rings is 1. The van der Waals surface area contributed by atoms with E-state index in [0.29, 0.717) is 71.6 Å². The Balaban J connectivity index is 1.29. The fourth-order valence-electron chi connectivity index (χ4n) is 6.52. The largest absolute Gasteiger partial charge is 0.496 e. The molecule has 15 nitrogen and oxygen atoms in total. The number of carbonyl (C=O) groups is 4. The predicted octanol–water partition coefficient (Wildman–Crippen LogP) is 5.08. The summed E-state index contributed by atoms with van der Waals surface area (Å²) in [6.45, 7) is 8.86. The van der Waals surface area contributed by atoms with Crippen LogP contribution in [-0.4, -0.2) is 99.5 Å². The quantitative estimate of drug-likeness (QED) is 0.0611. The highest BCUT2D eigenvalue weighted by Crippen LogP contribution is 2.34. The van der Waals surface area contributed by atoms with E-state index in [2.05, 4.69) is 15.3 Å². The number of nitrogens with zero attached hydrogens (tertiary/aromatic N) is 5. The molecule has 16 heteroatoms. The normalized spacial score (nSPS) is 13.5. The Bertz CT molecular complexity index is 2250. The van der Waals surface area contributed by atoms with E-state index in [9.17, 15) is 19.2 Å². The number of morpholine rings is 1. The number of nitrogens with two attached hydrogens (primary N) is 1. The summed E-state index contributed by atoms with van der Waals surface area (Å²) in [6.07, 6.45) is 4.86. The first-order chi connectivity index (χ1) is 26.5. The Morgan fingerprint density at radius 2 is 1.85 bits per heavy atom. The van der Waals surface area contributed by atoms with Crippen molar-refractivity contribution in [3.05, 3.63) is 75.9 Å². The van der Waals surface area contributed by atoms with Crippen molar-refractivity contribution < 1.29 is 38.5 Å². The zero-order valence-corrected chi connectivity index (χ0v) is 31.9. The molecule has 1 fully saturated rings. The van der Waals surface area contributed by atoms with Crippen LogP contribution in [0.1, 0.15) is 68.0 Å². The lowest BCUT2D eigenvalue weighted by molar-refractivity contribution is -0.136. The number of ether oxygens (including phenoxy) is 3. The van der Waals surface area contributed by atoms with E-state index in [1.165, 1.54) is 11.3 Å². The third-order valence-corrected chi connectivity index (χ3v) is 10.4. The molecule has 6 rings (SSSR count). The van der Waals surface area contributed by atoms with E-state index in [0.717, 1.165) is 41.7 Å². The summed E-state index contributed by atoms with van der Waals surface area (Å²) in [7, 11) is 1.59. The summed E-state index contributed by atoms with van der Waals surface area (Å²) in [4.78, 5) is 57.2. The number of aromatic nitrogens is 4. The molecule has 55 heavy (non-hydrogen) atoms. The number of amides is 2. The molecular weight excluding hydrogens is 727 g/mol. The minimum Gasteiger partial charge on any atom is -0.496 e. The molecule has 290 valence electrons. The number of aryl methyl sites for hydroxylation is 2. The van der Waals surface area contributed by atoms with Gasteiger partial charge in [-0.1, -0.05) is 12.2 Å². The summed E-state index contributed by atoms with van der Waals surface area (Å²) >= 11 is 1.31. The number of ketones is 1. The number of aliphatic carboxylic acids is 1. The van der Waals surface area contributed by atoms with Crippen LogP contribution in [0.25, 0.3) is 21.1 Å². The fourth-order valence-corrected chi connectivity index (χ4v) is 7.56. The minimum absolute atomic E-state index is 0.0623. The molecule has 4 heterocycles. The van der Waals surface area contributed by atoms with Crippen molar-refractivity contribution in [2.75, 3.05) is 51.9 Å². The van der Waals surface area contributed by atoms with Gasteiger partial charge in [0, 0.05) is 49.4 Å². The van der Waals surface area contributed by atoms with Gasteiger partial charge >= 0.3 is 5.97 Å². The number of rotatable bonds is 18. The number of imidazole rings is 1. The smallest absolute Gasteiger partial charge is 0.303 e. The van der Waals surface area contributed by atoms with Gasteiger partial charge in [0.05, 0.1) is 49.4 Å². The number of Topliss-reactive ketones (excluding diaryl/α,β-unsaturated/α-hetero) is 1. The number of carboxylic acids is 1. The SMILES string of the molecule is CCn1nc(C)cc1C(=O)Nc1nc2cc(C(N)=O)cc(OCCCN3CCOCC3)c2n1C/C=C/Cc1cc2cc(C(=O)CCC(=O)O)sc2cc1OC. The molecule has 0 radical (unpaired) electrons. The van der Waals surface area contributed by atoms with Gasteiger partial charge in [-0.15, -0.1) is 11.3 Å². The van der Waals surface area contributed by atoms with Crippen LogP contribution in [0.4, 0.5) is 5.95 Å². The Morgan fingerprint density at radius 1 is 1.05 bits per heavy atom. The number of anilines is 1. The number of carbonyl (C=O) groups excluding carboxylic acids is 3. The third-order valence-electron chi connectivity index (χ3n) is 9.28. The van der Waals surface area contributed by atoms with Gasteiger partial charge < -0.3 is 29.6 Å². The first kappa shape index (κ1) is 39.1. The van der Waals surface area contributed by atoms with Crippen molar-refractivity contribution in [3.63, 3.8) is 0 Å². The number of methoxy groups -OCH3 is 1. The lowest BCUT2D eigenvalue weighted by atomic mass is 10.1. The van der Waals surface area contributed by atoms with Crippen LogP contribution < -0.4 is 20.5 Å². The molecule has 0 bridgehead atoms. The fraction of sp³-hybridized carbons (Fsp3) is 0.385. The van der Waals surface area contributed by atoms with Crippen molar-refractivity contribution in [1.29, 1.82) is 0 Å². The average molecular weight is 772 g/mol. The van der Waals surface area contributed by atoms with E-state index in [-0.39, 0.29) is 42.6 Å². The van der Waals surface area contributed by atoms with Gasteiger partial charge in [-0.05, 0) is 74.0 Å². The van der Waals surface area contributed by atoms with E-state index in [4.69, 9.17) is 30.0 Å². The van der Waals surface area contributed by atoms with Crippen molar-refractivity contribution in [3.8, 4) is 11.5 Å². The molecule has 5 aromatic rings. The van der Waals surface area contributed by atoms with Crippen LogP contribution in [0, 0.1) is 6.92 Å². The number of carboxylic acid groups (broad SMARTS) is 1. The second-order valence-corrected chi connectivity index (χ2v) is 14.2. The van der Waals surface area contributed by atoms with Crippen molar-refractivity contribution in [1.82, 2.24) is 24.2 Å². The topological polar surface area (TPSA) is 193 Å². The number of primary amides is 1. The predicted molar refractivity (Wildman–Crippen MR) is 209 cm³/mol. The third kappa shape index (κ3) is 9.39. The number of fused-ring (bicyclic) bond motifs is 2. The van der Waals surface area contributed by atoms with Crippen LogP contribution in [0.5, 0.6) is 11.5 Å². The average Bonchev–Trinajstić information content (AvgIpc) is 3.88. The number of hydrogen-bond acceptors (Lipinski definition) is 11. The highest BCUT2D eigenvalue weighted by molar-refractivity contribution is 7.20. The molecule has 0 unspecified atom stereocenters. The van der Waals surface area contributed by atoms with Gasteiger partial charge in [0.15, 0.2) is 5.78 Å². The van der Waals surface area contributed by atoms with Crippen LogP contribution in [0.3, 0.4) is 0 Å². The first-order valence-electron chi connectivity index (χ1n) is 18.2. The Kier molecular flexibility index (Phi) is 12.6. The van der Waals surface area contributed by atoms with Crippen LogP contribution in [-0.2, 0) is 29.0 Å². The van der Waals surface area contributed by atoms with Gasteiger partial charge in [-0.25, -0.2) is 4.98 Å². The lowest BCUT2D eigenvalue weighted by Gasteiger charge is -2.26. The van der Waals surface area contributed by atoms with E-state index < -0.39 is 11.9 Å². The van der Waals surface area contributed by atoms with Gasteiger partial charge in [0.25, 0.3) is 5.91 Å². The zero-order valence-electron chi connectivity index (χ0n) is 31.1. The highest BCUT2D eigenvalue weighted by Gasteiger charge is 2.22. The number of benzene rings is 2. The van der Waals surface area contributed by atoms with Crippen molar-refractivity contribution in [2.24, 2.45) is 5.73 Å². The Hall–Kier alpha value is -5.58. The number of hydrogen-bond donors (Lipinski definition) is 3. The molecule has 0 aliphatic carbocycles. The monoisotopic (exact) mass is 771 g/mol. The van der Waals surface area contributed by atoms with Gasteiger partial charge in [-0.3, -0.25) is 34.1 Å². The van der Waals surface area contributed by atoms with E-state index >= 15 is 0 Å². The number of nitrogens with one attached hydrogen (secondary N) is 1. The highest BCUT2D eigenvalue weighted by atomic mass is 32.1. The van der Waals surface area contributed by atoms with Gasteiger partial charge in [-0.2, -0.15) is 5.10 Å². The molecular formula is C39H45N7O8S. The zero-order chi connectivity index (χ0) is 39.1. The Labute approximate surface area is 321 Å². The summed E-state index contributed by atoms with van der Waals surface area (Å²) in [6, 6.07) is 10.6. The molecule has 2 amide bonds. The second-order valence-electron chi connectivity index (χ2n) is 13.2. The molecule has 1 aliphatic rings. The first-order valence-corrected chi connectivity index (χ1v) is 19.0. The van der Waals surface area contributed by atoms with E-state index in [1.807, 2.05) is 42.7 Å². The van der Waals surface area contributed by atoms with Crippen LogP contribution >= 0.6 is 11.3 Å². The maximum Gasteiger partial charge on any atom is 0.303 e. The van der Waals surface area contributed by atoms with Crippen molar-refractivity contribution in [2.45, 2.75) is 52.6 Å². The minimum atomic E-state index is -1.01. The molecule has 3 aromatic heterocycles. The summed E-state index contributed by atoms with van der Waals surface area (Å²) in [5, 5.41) is 17.2. The second kappa shape index (κ2) is 17.7. The molecule has 4 N–H and O–H groups in total. The van der Waals surface area contributed by atoms with Crippen LogP contribution in [0.2, 0.25) is 0 Å². The molecule has 0 spiro atoms. The van der Waals surface area contributed by atoms with Gasteiger partial charge in [0.2, 0.25) is 11.9 Å². The van der Waals surface area contributed by atoms with E-state index in [1.54, 1.807) is 36.1 Å². The summed E-state index contributed by atoms with van der Waals surface area (Å²) in [5.41, 5.74) is 8.96. The molecule has 1 aliphatic heterocycles. The van der Waals surface area contributed by atoms with Gasteiger partial charge in [0.1, 0.15) is 22.7 Å². The Morgan fingerprint density at radius 3 is 2.58 bits per heavy atom. The maximum absolute atomic E-state index is 13.6. The number of allylic oxidation sites excluding steroid dienone is 2. The summed E-state index contributed by atoms with van der Waals surface area (Å²) < 4.78 is 21.8. The van der Waals surface area contributed by atoms with Crippen LogP contribution in [0.15, 0.2) is 48.6 Å². The maximum atomic E-state index is 13.6. The molecule has 1 saturated heterocycles. The summed E-state index contributed by atoms with van der Waals surface area (Å²) in [5.74, 6) is -0.917. The standard InChI is InChI=1S/C39H45N7O8S/c1-4-46-29(18-24(2)43-46)38(51)42-39-41-28-20-27(37(40)50)21-32(54-15-7-11-44-13-16-53-17-14-44)36(28)45(39)12-6-5-8-25-19-26-22-34(30(47)9-10-35(48)49)55-33(26)23-31(25)52-3/h5-6,18-23H,4,7-17H2,1-3H3,(H2,40,50)(H,48,49)(H,41,42,51)/b6-5+. The lowest BCUT2D eigenvalue weighted by Crippen LogP contribution is -2.37. The van der Waals surface area contributed by atoms with Crippen molar-refractivity contribution >= 4 is 62.0 Å². The molecule has 0 saturated carbocycles.